The van der Waals surface area contributed by atoms with Crippen molar-refractivity contribution >= 4 is 5.97 Å². The molecule has 1 aliphatic carbocycles. The predicted molar refractivity (Wildman–Crippen MR) is 43.3 cm³/mol. The molecule has 0 heterocycles. The van der Waals surface area contributed by atoms with Crippen molar-refractivity contribution in [2.45, 2.75) is 24.5 Å². The minimum atomic E-state index is -5.01. The van der Waals surface area contributed by atoms with Crippen molar-refractivity contribution in [3.05, 3.63) is 11.6 Å². The van der Waals surface area contributed by atoms with Crippen LogP contribution in [-0.4, -0.2) is 50.9 Å². The smallest absolute Gasteiger partial charge is 0.398 e. The molecule has 0 radical (unpaired) electrons. The van der Waals surface area contributed by atoms with Crippen LogP contribution in [0.3, 0.4) is 0 Å². The van der Waals surface area contributed by atoms with Gasteiger partial charge in [-0.3, -0.25) is 0 Å². The van der Waals surface area contributed by atoms with Crippen molar-refractivity contribution in [3.8, 4) is 0 Å². The third-order valence-electron chi connectivity index (χ3n) is 2.33. The SMILES string of the molecule is O=C(O)C1=C[C@@H](O)[C@@H](O)[C@H](O)[C@@H]1C(F)(F)F. The topological polar surface area (TPSA) is 98.0 Å². The lowest BCUT2D eigenvalue weighted by atomic mass is 9.81. The third kappa shape index (κ3) is 2.18. The van der Waals surface area contributed by atoms with Gasteiger partial charge in [-0.15, -0.1) is 0 Å². The largest absolute Gasteiger partial charge is 0.478 e. The molecule has 0 aromatic carbocycles. The van der Waals surface area contributed by atoms with Crippen molar-refractivity contribution in [3.63, 3.8) is 0 Å². The Labute approximate surface area is 87.4 Å². The van der Waals surface area contributed by atoms with E-state index in [1.165, 1.54) is 0 Å². The summed E-state index contributed by atoms with van der Waals surface area (Å²) in [5.74, 6) is -4.60. The quantitative estimate of drug-likeness (QED) is 0.486. The molecule has 0 aromatic heterocycles. The summed E-state index contributed by atoms with van der Waals surface area (Å²) >= 11 is 0. The van der Waals surface area contributed by atoms with Crippen LogP contribution in [0.15, 0.2) is 11.6 Å². The van der Waals surface area contributed by atoms with Crippen LogP contribution in [0.2, 0.25) is 0 Å². The number of carboxylic acid groups (broad SMARTS) is 1. The molecule has 0 saturated carbocycles. The molecule has 0 saturated heterocycles. The van der Waals surface area contributed by atoms with E-state index in [9.17, 15) is 18.0 Å². The molecular formula is C8H9F3O5. The number of rotatable bonds is 1. The average Bonchev–Trinajstić information content (AvgIpc) is 2.10. The monoisotopic (exact) mass is 242 g/mol. The van der Waals surface area contributed by atoms with E-state index in [1.54, 1.807) is 0 Å². The summed E-state index contributed by atoms with van der Waals surface area (Å²) < 4.78 is 37.3. The molecule has 0 bridgehead atoms. The minimum Gasteiger partial charge on any atom is -0.478 e. The van der Waals surface area contributed by atoms with Gasteiger partial charge in [0.15, 0.2) is 0 Å². The number of aliphatic hydroxyl groups is 3. The zero-order valence-electron chi connectivity index (χ0n) is 7.72. The van der Waals surface area contributed by atoms with Gasteiger partial charge in [-0.05, 0) is 6.08 Å². The maximum absolute atomic E-state index is 12.4. The van der Waals surface area contributed by atoms with E-state index in [2.05, 4.69) is 0 Å². The molecule has 0 aliphatic heterocycles. The van der Waals surface area contributed by atoms with Gasteiger partial charge in [0.2, 0.25) is 0 Å². The summed E-state index contributed by atoms with van der Waals surface area (Å²) in [6.45, 7) is 0. The normalized spacial score (nSPS) is 35.8. The Kier molecular flexibility index (Phi) is 3.27. The highest BCUT2D eigenvalue weighted by atomic mass is 19.4. The highest BCUT2D eigenvalue weighted by Crippen LogP contribution is 2.39. The summed E-state index contributed by atoms with van der Waals surface area (Å²) in [6, 6.07) is 0. The van der Waals surface area contributed by atoms with Gasteiger partial charge in [-0.25, -0.2) is 4.79 Å². The van der Waals surface area contributed by atoms with Crippen molar-refractivity contribution in [1.29, 1.82) is 0 Å². The van der Waals surface area contributed by atoms with Crippen LogP contribution in [0.1, 0.15) is 0 Å². The molecule has 0 unspecified atom stereocenters. The number of carboxylic acids is 1. The van der Waals surface area contributed by atoms with Gasteiger partial charge in [0, 0.05) is 0 Å². The number of hydrogen-bond donors (Lipinski definition) is 4. The Morgan fingerprint density at radius 2 is 1.69 bits per heavy atom. The van der Waals surface area contributed by atoms with E-state index >= 15 is 0 Å². The van der Waals surface area contributed by atoms with E-state index < -0.39 is 41.9 Å². The first-order valence-corrected chi connectivity index (χ1v) is 4.22. The minimum absolute atomic E-state index is 0.387. The van der Waals surface area contributed by atoms with Gasteiger partial charge in [0.05, 0.1) is 11.7 Å². The molecule has 0 amide bonds. The molecule has 0 fully saturated rings. The molecule has 1 aliphatic rings. The van der Waals surface area contributed by atoms with Gasteiger partial charge in [0.1, 0.15) is 18.1 Å². The van der Waals surface area contributed by atoms with Crippen LogP contribution in [0.5, 0.6) is 0 Å². The Morgan fingerprint density at radius 1 is 1.19 bits per heavy atom. The maximum Gasteiger partial charge on any atom is 0.398 e. The van der Waals surface area contributed by atoms with Gasteiger partial charge in [-0.2, -0.15) is 13.2 Å². The fourth-order valence-electron chi connectivity index (χ4n) is 1.54. The molecule has 4 atom stereocenters. The van der Waals surface area contributed by atoms with Gasteiger partial charge in [-0.1, -0.05) is 0 Å². The fourth-order valence-corrected chi connectivity index (χ4v) is 1.54. The van der Waals surface area contributed by atoms with E-state index in [0.29, 0.717) is 6.08 Å². The van der Waals surface area contributed by atoms with E-state index in [4.69, 9.17) is 20.4 Å². The van der Waals surface area contributed by atoms with Crippen LogP contribution >= 0.6 is 0 Å². The van der Waals surface area contributed by atoms with Crippen LogP contribution in [0.25, 0.3) is 0 Å². The summed E-state index contributed by atoms with van der Waals surface area (Å²) in [6.07, 6.45) is -10.9. The van der Waals surface area contributed by atoms with Gasteiger partial charge < -0.3 is 20.4 Å². The Morgan fingerprint density at radius 3 is 2.06 bits per heavy atom. The molecule has 4 N–H and O–H groups in total. The van der Waals surface area contributed by atoms with Crippen molar-refractivity contribution in [1.82, 2.24) is 0 Å². The molecule has 0 aromatic rings. The molecule has 16 heavy (non-hydrogen) atoms. The molecule has 5 nitrogen and oxygen atoms in total. The second-order valence-electron chi connectivity index (χ2n) is 3.42. The van der Waals surface area contributed by atoms with E-state index in [-0.39, 0.29) is 0 Å². The first-order valence-electron chi connectivity index (χ1n) is 4.22. The Hall–Kier alpha value is -1.12. The Bertz CT molecular complexity index is 324. The molecule has 0 spiro atoms. The fraction of sp³-hybridized carbons (Fsp3) is 0.625. The Balaban J connectivity index is 3.20. The summed E-state index contributed by atoms with van der Waals surface area (Å²) in [5, 5.41) is 35.7. The average molecular weight is 242 g/mol. The van der Waals surface area contributed by atoms with E-state index in [1.807, 2.05) is 0 Å². The van der Waals surface area contributed by atoms with Crippen molar-refractivity contribution in [2.75, 3.05) is 0 Å². The second kappa shape index (κ2) is 4.04. The van der Waals surface area contributed by atoms with Gasteiger partial charge >= 0.3 is 12.1 Å². The molecule has 1 rings (SSSR count). The second-order valence-corrected chi connectivity index (χ2v) is 3.42. The zero-order chi connectivity index (χ0) is 12.7. The first-order chi connectivity index (χ1) is 7.16. The first kappa shape index (κ1) is 12.9. The number of hydrogen-bond acceptors (Lipinski definition) is 4. The standard InChI is InChI=1S/C8H9F3O5/c9-8(10,11)4-2(7(15)16)1-3(12)5(13)6(4)14/h1,3-6,12-14H,(H,15,16)/t3-,4-,5-,6-/m1/s1. The molecular weight excluding hydrogens is 233 g/mol. The lowest BCUT2D eigenvalue weighted by molar-refractivity contribution is -0.212. The third-order valence-corrected chi connectivity index (χ3v) is 2.33. The highest BCUT2D eigenvalue weighted by Gasteiger charge is 2.54. The lowest BCUT2D eigenvalue weighted by Crippen LogP contribution is -2.51. The number of carbonyl (C=O) groups is 1. The maximum atomic E-state index is 12.4. The van der Waals surface area contributed by atoms with Gasteiger partial charge in [0.25, 0.3) is 0 Å². The van der Waals surface area contributed by atoms with Crippen LogP contribution in [0, 0.1) is 5.92 Å². The van der Waals surface area contributed by atoms with Crippen molar-refractivity contribution in [2.24, 2.45) is 5.92 Å². The summed E-state index contributed by atoms with van der Waals surface area (Å²) in [7, 11) is 0. The van der Waals surface area contributed by atoms with Crippen LogP contribution in [0.4, 0.5) is 13.2 Å². The van der Waals surface area contributed by atoms with E-state index in [0.717, 1.165) is 0 Å². The van der Waals surface area contributed by atoms with Crippen LogP contribution in [-0.2, 0) is 4.79 Å². The number of aliphatic carboxylic acids is 1. The number of aliphatic hydroxyl groups excluding tert-OH is 3. The number of halogens is 3. The number of alkyl halides is 3. The summed E-state index contributed by atoms with van der Waals surface area (Å²) in [4.78, 5) is 10.5. The van der Waals surface area contributed by atoms with Crippen molar-refractivity contribution < 1.29 is 38.4 Å². The van der Waals surface area contributed by atoms with Crippen LogP contribution < -0.4 is 0 Å². The zero-order valence-corrected chi connectivity index (χ0v) is 7.72. The summed E-state index contributed by atoms with van der Waals surface area (Å²) in [5.41, 5.74) is -1.17. The molecule has 92 valence electrons. The molecule has 8 heteroatoms. The predicted octanol–water partition coefficient (Wildman–Crippen LogP) is -0.728. The highest BCUT2D eigenvalue weighted by molar-refractivity contribution is 5.88. The lowest BCUT2D eigenvalue weighted by Gasteiger charge is -2.34.